The molecule has 0 spiro atoms. The van der Waals surface area contributed by atoms with E-state index in [1.165, 1.54) is 0 Å². The van der Waals surface area contributed by atoms with Gasteiger partial charge in [0.15, 0.2) is 5.94 Å². The minimum Gasteiger partial charge on any atom is -0.361 e. The molecular formula is C8H17NO3S. The number of hydrogen-bond acceptors (Lipinski definition) is 3. The van der Waals surface area contributed by atoms with Crippen LogP contribution in [-0.2, 0) is 14.8 Å². The van der Waals surface area contributed by atoms with Crippen LogP contribution in [0.3, 0.4) is 0 Å². The van der Waals surface area contributed by atoms with E-state index in [9.17, 15) is 8.42 Å². The fourth-order valence-corrected chi connectivity index (χ4v) is 1.86. The lowest BCUT2D eigenvalue weighted by atomic mass is 9.75. The summed E-state index contributed by atoms with van der Waals surface area (Å²) in [5.41, 5.74) is 0. The molecule has 0 unspecified atom stereocenters. The highest BCUT2D eigenvalue weighted by Gasteiger charge is 2.32. The molecule has 1 aliphatic rings. The maximum atomic E-state index is 10.5. The van der Waals surface area contributed by atoms with Gasteiger partial charge in [-0.05, 0) is 24.7 Å². The van der Waals surface area contributed by atoms with E-state index in [0.717, 1.165) is 12.8 Å². The molecule has 78 valence electrons. The zero-order valence-corrected chi connectivity index (χ0v) is 8.88. The fraction of sp³-hybridized carbons (Fsp3) is 1.00. The van der Waals surface area contributed by atoms with E-state index in [-0.39, 0.29) is 12.0 Å². The number of nitrogens with two attached hydrogens (primary N) is 1. The van der Waals surface area contributed by atoms with Crippen molar-refractivity contribution < 1.29 is 13.2 Å². The van der Waals surface area contributed by atoms with Crippen molar-refractivity contribution in [1.82, 2.24) is 0 Å². The summed E-state index contributed by atoms with van der Waals surface area (Å²) in [6.07, 6.45) is 2.03. The number of primary sulfonamides is 1. The molecule has 0 aromatic heterocycles. The van der Waals surface area contributed by atoms with Crippen molar-refractivity contribution in [2.75, 3.05) is 5.94 Å². The highest BCUT2D eigenvalue weighted by Crippen LogP contribution is 2.35. The zero-order chi connectivity index (χ0) is 10.1. The molecule has 4 nitrogen and oxygen atoms in total. The van der Waals surface area contributed by atoms with E-state index in [1.807, 2.05) is 0 Å². The van der Waals surface area contributed by atoms with Crippen LogP contribution >= 0.6 is 0 Å². The predicted octanol–water partition coefficient (Wildman–Crippen LogP) is 0.684. The summed E-state index contributed by atoms with van der Waals surface area (Å²) >= 11 is 0. The molecule has 0 heterocycles. The molecule has 1 aliphatic carbocycles. The normalized spacial score (nSPS) is 28.9. The molecule has 13 heavy (non-hydrogen) atoms. The van der Waals surface area contributed by atoms with Crippen molar-refractivity contribution >= 4 is 10.0 Å². The van der Waals surface area contributed by atoms with Crippen LogP contribution in [-0.4, -0.2) is 20.5 Å². The maximum Gasteiger partial charge on any atom is 0.233 e. The minimum atomic E-state index is -3.46. The summed E-state index contributed by atoms with van der Waals surface area (Å²) in [6, 6.07) is 0. The van der Waals surface area contributed by atoms with Gasteiger partial charge in [0.1, 0.15) is 0 Å². The van der Waals surface area contributed by atoms with Crippen LogP contribution in [0.5, 0.6) is 0 Å². The average Bonchev–Trinajstić information content (AvgIpc) is 1.79. The monoisotopic (exact) mass is 207 g/mol. The fourth-order valence-electron chi connectivity index (χ4n) is 1.48. The lowest BCUT2D eigenvalue weighted by Crippen LogP contribution is -2.36. The first-order chi connectivity index (χ1) is 5.88. The third kappa shape index (κ3) is 3.62. The topological polar surface area (TPSA) is 69.4 Å². The minimum absolute atomic E-state index is 0.103. The molecule has 0 saturated heterocycles. The summed E-state index contributed by atoms with van der Waals surface area (Å²) in [7, 11) is -3.46. The van der Waals surface area contributed by atoms with Gasteiger partial charge in [-0.15, -0.1) is 0 Å². The Hall–Kier alpha value is -0.130. The highest BCUT2D eigenvalue weighted by atomic mass is 32.2. The molecule has 1 fully saturated rings. The molecule has 0 aliphatic heterocycles. The standard InChI is InChI=1S/C8H17NO3S/c1-6(2)7-3-8(4-7)12-5-13(9,10)11/h6-8H,3-5H2,1-2H3,(H2,9,10,11). The summed E-state index contributed by atoms with van der Waals surface area (Å²) in [5, 5.41) is 4.80. The van der Waals surface area contributed by atoms with Crippen molar-refractivity contribution in [3.63, 3.8) is 0 Å². The van der Waals surface area contributed by atoms with Crippen molar-refractivity contribution in [1.29, 1.82) is 0 Å². The van der Waals surface area contributed by atoms with Gasteiger partial charge in [0.2, 0.25) is 10.0 Å². The largest absolute Gasteiger partial charge is 0.361 e. The second-order valence-electron chi connectivity index (χ2n) is 4.04. The molecule has 0 radical (unpaired) electrons. The van der Waals surface area contributed by atoms with E-state index < -0.39 is 10.0 Å². The molecule has 0 atom stereocenters. The average molecular weight is 207 g/mol. The number of ether oxygens (including phenoxy) is 1. The Labute approximate surface area is 79.5 Å². The van der Waals surface area contributed by atoms with E-state index >= 15 is 0 Å². The van der Waals surface area contributed by atoms with Gasteiger partial charge < -0.3 is 4.74 Å². The van der Waals surface area contributed by atoms with Crippen LogP contribution < -0.4 is 5.14 Å². The Balaban J connectivity index is 2.16. The molecule has 5 heteroatoms. The molecule has 0 aromatic carbocycles. The van der Waals surface area contributed by atoms with Crippen molar-refractivity contribution in [2.24, 2.45) is 17.0 Å². The molecule has 0 amide bonds. The van der Waals surface area contributed by atoms with Crippen molar-refractivity contribution in [3.8, 4) is 0 Å². The molecule has 2 N–H and O–H groups in total. The lowest BCUT2D eigenvalue weighted by Gasteiger charge is -2.37. The predicted molar refractivity (Wildman–Crippen MR) is 50.4 cm³/mol. The lowest BCUT2D eigenvalue weighted by molar-refractivity contribution is -0.0238. The number of hydrogen-bond donors (Lipinski definition) is 1. The summed E-state index contributed by atoms with van der Waals surface area (Å²) in [6.45, 7) is 4.33. The highest BCUT2D eigenvalue weighted by molar-refractivity contribution is 7.88. The van der Waals surface area contributed by atoms with Crippen LogP contribution in [0.15, 0.2) is 0 Å². The number of rotatable bonds is 4. The van der Waals surface area contributed by atoms with Gasteiger partial charge in [-0.25, -0.2) is 13.6 Å². The first-order valence-corrected chi connectivity index (χ1v) is 6.22. The van der Waals surface area contributed by atoms with Gasteiger partial charge >= 0.3 is 0 Å². The van der Waals surface area contributed by atoms with Gasteiger partial charge in [0.05, 0.1) is 6.10 Å². The van der Waals surface area contributed by atoms with E-state index in [1.54, 1.807) is 0 Å². The van der Waals surface area contributed by atoms with Gasteiger partial charge in [0, 0.05) is 0 Å². The van der Waals surface area contributed by atoms with Crippen LogP contribution in [0.25, 0.3) is 0 Å². The van der Waals surface area contributed by atoms with Crippen LogP contribution in [0.4, 0.5) is 0 Å². The first-order valence-electron chi connectivity index (χ1n) is 4.50. The zero-order valence-electron chi connectivity index (χ0n) is 8.06. The van der Waals surface area contributed by atoms with E-state index in [2.05, 4.69) is 13.8 Å². The van der Waals surface area contributed by atoms with Crippen LogP contribution in [0, 0.1) is 11.8 Å². The second-order valence-corrected chi connectivity index (χ2v) is 5.61. The third-order valence-electron chi connectivity index (χ3n) is 2.54. The molecule has 0 aromatic rings. The summed E-state index contributed by atoms with van der Waals surface area (Å²) < 4.78 is 26.2. The number of sulfonamides is 1. The van der Waals surface area contributed by atoms with Gasteiger partial charge in [-0.1, -0.05) is 13.8 Å². The third-order valence-corrected chi connectivity index (χ3v) is 3.01. The molecule has 1 rings (SSSR count). The van der Waals surface area contributed by atoms with Crippen LogP contribution in [0.2, 0.25) is 0 Å². The molecule has 1 saturated carbocycles. The van der Waals surface area contributed by atoms with E-state index in [0.29, 0.717) is 11.8 Å². The van der Waals surface area contributed by atoms with Gasteiger partial charge in [-0.2, -0.15) is 0 Å². The maximum absolute atomic E-state index is 10.5. The first kappa shape index (κ1) is 10.9. The van der Waals surface area contributed by atoms with Gasteiger partial charge in [-0.3, -0.25) is 0 Å². The Morgan fingerprint density at radius 2 is 2.00 bits per heavy atom. The SMILES string of the molecule is CC(C)C1CC(OCS(N)(=O)=O)C1. The van der Waals surface area contributed by atoms with E-state index in [4.69, 9.17) is 9.88 Å². The second kappa shape index (κ2) is 3.94. The van der Waals surface area contributed by atoms with Gasteiger partial charge in [0.25, 0.3) is 0 Å². The van der Waals surface area contributed by atoms with Crippen LogP contribution in [0.1, 0.15) is 26.7 Å². The van der Waals surface area contributed by atoms with Crippen molar-refractivity contribution in [2.45, 2.75) is 32.8 Å². The quantitative estimate of drug-likeness (QED) is 0.737. The van der Waals surface area contributed by atoms with Crippen molar-refractivity contribution in [3.05, 3.63) is 0 Å². The molecule has 0 bridgehead atoms. The smallest absolute Gasteiger partial charge is 0.233 e. The molecular weight excluding hydrogens is 190 g/mol. The summed E-state index contributed by atoms with van der Waals surface area (Å²) in [4.78, 5) is 0. The Kier molecular flexibility index (Phi) is 3.32. The Morgan fingerprint density at radius 1 is 1.46 bits per heavy atom. The summed E-state index contributed by atoms with van der Waals surface area (Å²) in [5.74, 6) is 1.00. The Bertz CT molecular complexity index is 255. The Morgan fingerprint density at radius 3 is 2.38 bits per heavy atom.